The molecule has 1 aromatic heterocycles. The first kappa shape index (κ1) is 18.9. The van der Waals surface area contributed by atoms with Gasteiger partial charge in [0.15, 0.2) is 0 Å². The van der Waals surface area contributed by atoms with Crippen LogP contribution in [0.3, 0.4) is 0 Å². The molecule has 0 bridgehead atoms. The van der Waals surface area contributed by atoms with Crippen LogP contribution in [0, 0.1) is 0 Å². The van der Waals surface area contributed by atoms with Gasteiger partial charge in [-0.25, -0.2) is 4.79 Å². The number of carboxylic acids is 1. The van der Waals surface area contributed by atoms with Gasteiger partial charge in [0.25, 0.3) is 11.5 Å². The van der Waals surface area contributed by atoms with Crippen LogP contribution < -0.4 is 10.9 Å². The van der Waals surface area contributed by atoms with Crippen molar-refractivity contribution in [1.29, 1.82) is 0 Å². The van der Waals surface area contributed by atoms with E-state index in [0.29, 0.717) is 16.5 Å². The van der Waals surface area contributed by atoms with Gasteiger partial charge in [-0.15, -0.1) is 6.58 Å². The van der Waals surface area contributed by atoms with E-state index in [1.165, 1.54) is 22.8 Å². The molecule has 3 N–H and O–H groups in total. The number of hydrogen-bond acceptors (Lipinski definition) is 4. The van der Waals surface area contributed by atoms with Crippen LogP contribution in [-0.2, 0) is 13.1 Å². The van der Waals surface area contributed by atoms with Crippen molar-refractivity contribution >= 4 is 22.8 Å². The Morgan fingerprint density at radius 2 is 1.79 bits per heavy atom. The van der Waals surface area contributed by atoms with E-state index in [9.17, 15) is 19.5 Å². The van der Waals surface area contributed by atoms with Crippen molar-refractivity contribution in [2.75, 3.05) is 0 Å². The van der Waals surface area contributed by atoms with Gasteiger partial charge >= 0.3 is 5.97 Å². The summed E-state index contributed by atoms with van der Waals surface area (Å²) in [4.78, 5) is 36.3. The normalized spacial score (nSPS) is 10.6. The van der Waals surface area contributed by atoms with Crippen LogP contribution in [0.5, 0.6) is 5.75 Å². The van der Waals surface area contributed by atoms with Crippen LogP contribution in [0.25, 0.3) is 10.9 Å². The number of carboxylic acid groups (broad SMARTS) is 1. The van der Waals surface area contributed by atoms with Gasteiger partial charge in [-0.1, -0.05) is 30.3 Å². The fraction of sp³-hybridized carbons (Fsp3) is 0.0952. The summed E-state index contributed by atoms with van der Waals surface area (Å²) in [6.07, 6.45) is 1.54. The Hall–Kier alpha value is -3.87. The Bertz CT molecular complexity index is 1130. The Morgan fingerprint density at radius 3 is 2.43 bits per heavy atom. The topological polar surface area (TPSA) is 109 Å². The van der Waals surface area contributed by atoms with E-state index in [1.54, 1.807) is 36.4 Å². The van der Waals surface area contributed by atoms with Crippen LogP contribution in [0.15, 0.2) is 66.0 Å². The van der Waals surface area contributed by atoms with Crippen molar-refractivity contribution in [2.24, 2.45) is 0 Å². The predicted molar refractivity (Wildman–Crippen MR) is 105 cm³/mol. The summed E-state index contributed by atoms with van der Waals surface area (Å²) in [5.74, 6) is -2.13. The van der Waals surface area contributed by atoms with Crippen LogP contribution in [0.4, 0.5) is 0 Å². The van der Waals surface area contributed by atoms with Crippen molar-refractivity contribution < 1.29 is 19.8 Å². The number of aromatic carboxylic acids is 1. The maximum Gasteiger partial charge on any atom is 0.335 e. The van der Waals surface area contributed by atoms with E-state index in [2.05, 4.69) is 11.9 Å². The van der Waals surface area contributed by atoms with E-state index in [1.807, 2.05) is 0 Å². The Balaban J connectivity index is 1.94. The highest BCUT2D eigenvalue weighted by Gasteiger charge is 2.21. The number of amides is 1. The number of pyridine rings is 1. The number of carbonyl (C=O) groups excluding carboxylic acids is 1. The molecular weight excluding hydrogens is 360 g/mol. The third-order valence-corrected chi connectivity index (χ3v) is 4.34. The van der Waals surface area contributed by atoms with Gasteiger partial charge in [0.05, 0.1) is 11.1 Å². The quantitative estimate of drug-likeness (QED) is 0.571. The fourth-order valence-electron chi connectivity index (χ4n) is 2.94. The van der Waals surface area contributed by atoms with Gasteiger partial charge in [0.1, 0.15) is 11.3 Å². The molecule has 1 heterocycles. The molecular formula is C21H18N2O5. The summed E-state index contributed by atoms with van der Waals surface area (Å²) >= 11 is 0. The fourth-order valence-corrected chi connectivity index (χ4v) is 2.94. The lowest BCUT2D eigenvalue weighted by atomic mass is 10.1. The van der Waals surface area contributed by atoms with Gasteiger partial charge in [-0.2, -0.15) is 0 Å². The largest absolute Gasteiger partial charge is 0.506 e. The highest BCUT2D eigenvalue weighted by atomic mass is 16.4. The molecule has 0 atom stereocenters. The van der Waals surface area contributed by atoms with E-state index in [-0.39, 0.29) is 30.0 Å². The number of carbonyl (C=O) groups is 2. The number of para-hydroxylation sites is 1. The zero-order valence-corrected chi connectivity index (χ0v) is 14.9. The molecule has 7 heteroatoms. The molecule has 3 rings (SSSR count). The molecule has 142 valence electrons. The molecule has 2 aromatic carbocycles. The average Bonchev–Trinajstić information content (AvgIpc) is 2.70. The maximum atomic E-state index is 12.8. The number of aromatic hydroxyl groups is 1. The molecule has 0 fully saturated rings. The molecule has 7 nitrogen and oxygen atoms in total. The minimum Gasteiger partial charge on any atom is -0.506 e. The van der Waals surface area contributed by atoms with Crippen molar-refractivity contribution in [3.8, 4) is 5.75 Å². The summed E-state index contributed by atoms with van der Waals surface area (Å²) in [6.45, 7) is 3.90. The van der Waals surface area contributed by atoms with Crippen LogP contribution in [-0.4, -0.2) is 26.7 Å². The smallest absolute Gasteiger partial charge is 0.335 e. The van der Waals surface area contributed by atoms with E-state index in [4.69, 9.17) is 5.11 Å². The summed E-state index contributed by atoms with van der Waals surface area (Å²) < 4.78 is 1.37. The van der Waals surface area contributed by atoms with Crippen molar-refractivity contribution in [3.63, 3.8) is 0 Å². The zero-order valence-electron chi connectivity index (χ0n) is 14.9. The number of fused-ring (bicyclic) bond motifs is 1. The average molecular weight is 378 g/mol. The number of hydrogen-bond donors (Lipinski definition) is 3. The van der Waals surface area contributed by atoms with Gasteiger partial charge in [0, 0.05) is 18.5 Å². The highest BCUT2D eigenvalue weighted by molar-refractivity contribution is 6.02. The highest BCUT2D eigenvalue weighted by Crippen LogP contribution is 2.26. The first-order valence-electron chi connectivity index (χ1n) is 8.50. The van der Waals surface area contributed by atoms with Crippen LogP contribution in [0.2, 0.25) is 0 Å². The molecule has 0 saturated carbocycles. The second-order valence-corrected chi connectivity index (χ2v) is 6.13. The summed E-state index contributed by atoms with van der Waals surface area (Å²) in [5.41, 5.74) is 0.336. The zero-order chi connectivity index (χ0) is 20.3. The number of benzene rings is 2. The molecule has 3 aromatic rings. The molecule has 0 unspecified atom stereocenters. The summed E-state index contributed by atoms with van der Waals surface area (Å²) in [5, 5.41) is 22.4. The maximum absolute atomic E-state index is 12.8. The lowest BCUT2D eigenvalue weighted by molar-refractivity contribution is 0.0696. The molecule has 0 aliphatic carbocycles. The molecule has 0 aliphatic rings. The van der Waals surface area contributed by atoms with Gasteiger partial charge in [0.2, 0.25) is 0 Å². The third kappa shape index (κ3) is 3.50. The number of nitrogens with one attached hydrogen (secondary N) is 1. The second-order valence-electron chi connectivity index (χ2n) is 6.13. The Morgan fingerprint density at radius 1 is 1.11 bits per heavy atom. The van der Waals surface area contributed by atoms with E-state index >= 15 is 0 Å². The predicted octanol–water partition coefficient (Wildman–Crippen LogP) is 2.52. The van der Waals surface area contributed by atoms with E-state index < -0.39 is 17.4 Å². The van der Waals surface area contributed by atoms with Gasteiger partial charge in [-0.05, 0) is 29.8 Å². The first-order valence-corrected chi connectivity index (χ1v) is 8.50. The second kappa shape index (κ2) is 7.79. The monoisotopic (exact) mass is 378 g/mol. The van der Waals surface area contributed by atoms with E-state index in [0.717, 1.165) is 0 Å². The van der Waals surface area contributed by atoms with Crippen molar-refractivity contribution in [3.05, 3.63) is 88.2 Å². The van der Waals surface area contributed by atoms with Crippen LogP contribution in [0.1, 0.15) is 26.3 Å². The lowest BCUT2D eigenvalue weighted by Crippen LogP contribution is -2.33. The molecule has 1 amide bonds. The Kier molecular flexibility index (Phi) is 5.26. The summed E-state index contributed by atoms with van der Waals surface area (Å²) in [6, 6.07) is 12.7. The minimum atomic E-state index is -1.04. The van der Waals surface area contributed by atoms with Crippen LogP contribution >= 0.6 is 0 Å². The third-order valence-electron chi connectivity index (χ3n) is 4.34. The standard InChI is InChI=1S/C21H18N2O5/c1-2-11-23-16-6-4-3-5-15(16)18(24)17(20(23)26)19(25)22-12-13-7-9-14(10-8-13)21(27)28/h2-10,24H,1,11-12H2,(H,22,25)(H,27,28). The molecule has 28 heavy (non-hydrogen) atoms. The minimum absolute atomic E-state index is 0.0753. The number of nitrogens with zero attached hydrogens (tertiary/aromatic N) is 1. The molecule has 0 spiro atoms. The molecule has 0 aliphatic heterocycles. The molecule has 0 saturated heterocycles. The number of aromatic nitrogens is 1. The van der Waals surface area contributed by atoms with Gasteiger partial charge < -0.3 is 20.1 Å². The molecule has 0 radical (unpaired) electrons. The lowest BCUT2D eigenvalue weighted by Gasteiger charge is -2.14. The Labute approximate surface area is 160 Å². The first-order chi connectivity index (χ1) is 13.4. The van der Waals surface area contributed by atoms with Crippen molar-refractivity contribution in [2.45, 2.75) is 13.1 Å². The SMILES string of the molecule is C=CCn1c(=O)c(C(=O)NCc2ccc(C(=O)O)cc2)c(O)c2ccccc21. The summed E-state index contributed by atoms with van der Waals surface area (Å²) in [7, 11) is 0. The van der Waals surface area contributed by atoms with Crippen molar-refractivity contribution in [1.82, 2.24) is 9.88 Å². The number of allylic oxidation sites excluding steroid dienone is 1. The number of rotatable bonds is 6. The van der Waals surface area contributed by atoms with Gasteiger partial charge in [-0.3, -0.25) is 9.59 Å².